The predicted molar refractivity (Wildman–Crippen MR) is 72.3 cm³/mol. The molecular formula is C13H22O4Si. The second-order valence-electron chi connectivity index (χ2n) is 3.98. The molecule has 0 amide bonds. The van der Waals surface area contributed by atoms with Crippen molar-refractivity contribution in [3.05, 3.63) is 35.9 Å². The molecule has 0 atom stereocenters. The molecule has 1 aromatic rings. The second-order valence-corrected chi connectivity index (χ2v) is 6.95. The van der Waals surface area contributed by atoms with Crippen molar-refractivity contribution in [3.63, 3.8) is 0 Å². The van der Waals surface area contributed by atoms with Gasteiger partial charge < -0.3 is 18.0 Å². The highest BCUT2D eigenvalue weighted by Crippen LogP contribution is 2.18. The Kier molecular flexibility index (Phi) is 7.15. The molecule has 0 aliphatic carbocycles. The minimum absolute atomic E-state index is 0.208. The van der Waals surface area contributed by atoms with Gasteiger partial charge in [0.1, 0.15) is 6.79 Å². The van der Waals surface area contributed by atoms with E-state index in [9.17, 15) is 0 Å². The van der Waals surface area contributed by atoms with Crippen LogP contribution in [0.25, 0.3) is 0 Å². The summed E-state index contributed by atoms with van der Waals surface area (Å²) in [6, 6.07) is 11.2. The number of rotatable bonds is 9. The van der Waals surface area contributed by atoms with E-state index >= 15 is 0 Å². The van der Waals surface area contributed by atoms with E-state index in [0.29, 0.717) is 0 Å². The lowest BCUT2D eigenvalue weighted by atomic mass is 10.1. The third-order valence-corrected chi connectivity index (χ3v) is 5.58. The van der Waals surface area contributed by atoms with Gasteiger partial charge in [0.25, 0.3) is 0 Å². The molecule has 1 rings (SSSR count). The Morgan fingerprint density at radius 1 is 1.00 bits per heavy atom. The van der Waals surface area contributed by atoms with Crippen LogP contribution in [-0.4, -0.2) is 36.9 Å². The lowest BCUT2D eigenvalue weighted by Gasteiger charge is -2.25. The minimum atomic E-state index is -2.54. The summed E-state index contributed by atoms with van der Waals surface area (Å²) >= 11 is 0. The molecule has 0 saturated carbocycles. The molecule has 0 unspecified atom stereocenters. The molecule has 0 aliphatic rings. The Balaban J connectivity index is 2.42. The molecule has 0 bridgehead atoms. The van der Waals surface area contributed by atoms with E-state index < -0.39 is 8.80 Å². The molecule has 0 aliphatic heterocycles. The molecule has 0 N–H and O–H groups in total. The monoisotopic (exact) mass is 270 g/mol. The van der Waals surface area contributed by atoms with E-state index in [4.69, 9.17) is 18.0 Å². The van der Waals surface area contributed by atoms with Crippen molar-refractivity contribution in [1.29, 1.82) is 0 Å². The van der Waals surface area contributed by atoms with Gasteiger partial charge in [0, 0.05) is 27.4 Å². The van der Waals surface area contributed by atoms with Gasteiger partial charge in [0.2, 0.25) is 0 Å². The number of ether oxygens (including phenoxy) is 1. The molecule has 0 radical (unpaired) electrons. The smallest absolute Gasteiger partial charge is 0.377 e. The summed E-state index contributed by atoms with van der Waals surface area (Å²) < 4.78 is 21.4. The standard InChI is InChI=1S/C13H22O4Si/c1-14-12-17-18(15-2,16-3)11-7-10-13-8-5-4-6-9-13/h4-6,8-9H,7,10-12H2,1-3H3. The summed E-state index contributed by atoms with van der Waals surface area (Å²) in [6.45, 7) is 0.208. The summed E-state index contributed by atoms with van der Waals surface area (Å²) in [5, 5.41) is 0. The number of hydrogen-bond donors (Lipinski definition) is 0. The van der Waals surface area contributed by atoms with E-state index in [0.717, 1.165) is 18.9 Å². The highest BCUT2D eigenvalue weighted by molar-refractivity contribution is 6.60. The molecule has 5 heteroatoms. The molecule has 1 aromatic carbocycles. The van der Waals surface area contributed by atoms with Crippen LogP contribution in [0.4, 0.5) is 0 Å². The molecule has 0 heterocycles. The molecule has 0 spiro atoms. The largest absolute Gasteiger partial charge is 0.502 e. The fourth-order valence-electron chi connectivity index (χ4n) is 1.78. The van der Waals surface area contributed by atoms with E-state index in [-0.39, 0.29) is 6.79 Å². The topological polar surface area (TPSA) is 36.9 Å². The number of aryl methyl sites for hydroxylation is 1. The fraction of sp³-hybridized carbons (Fsp3) is 0.538. The molecular weight excluding hydrogens is 248 g/mol. The van der Waals surface area contributed by atoms with E-state index in [1.165, 1.54) is 5.56 Å². The first-order valence-electron chi connectivity index (χ1n) is 6.03. The first-order valence-corrected chi connectivity index (χ1v) is 7.96. The molecule has 0 saturated heterocycles. The van der Waals surface area contributed by atoms with Gasteiger partial charge in [-0.1, -0.05) is 30.3 Å². The lowest BCUT2D eigenvalue weighted by molar-refractivity contribution is -0.0108. The maximum Gasteiger partial charge on any atom is 0.502 e. The van der Waals surface area contributed by atoms with E-state index in [1.54, 1.807) is 21.3 Å². The van der Waals surface area contributed by atoms with Crippen LogP contribution in [-0.2, 0) is 24.4 Å². The highest BCUT2D eigenvalue weighted by atomic mass is 28.4. The Hall–Kier alpha value is -0.723. The average molecular weight is 270 g/mol. The zero-order valence-electron chi connectivity index (χ0n) is 11.3. The van der Waals surface area contributed by atoms with Gasteiger partial charge >= 0.3 is 8.80 Å². The maximum atomic E-state index is 5.59. The van der Waals surface area contributed by atoms with Gasteiger partial charge in [-0.3, -0.25) is 0 Å². The van der Waals surface area contributed by atoms with Crippen LogP contribution in [0.15, 0.2) is 30.3 Å². The highest BCUT2D eigenvalue weighted by Gasteiger charge is 2.38. The quantitative estimate of drug-likeness (QED) is 0.510. The van der Waals surface area contributed by atoms with Gasteiger partial charge in [0.05, 0.1) is 0 Å². The third kappa shape index (κ3) is 4.87. The Morgan fingerprint density at radius 3 is 2.22 bits per heavy atom. The van der Waals surface area contributed by atoms with Crippen LogP contribution >= 0.6 is 0 Å². The SMILES string of the molecule is COCO[Si](CCCc1ccccc1)(OC)OC. The second kappa shape index (κ2) is 8.39. The zero-order chi connectivity index (χ0) is 13.3. The normalized spacial score (nSPS) is 11.7. The molecule has 102 valence electrons. The average Bonchev–Trinajstić information content (AvgIpc) is 2.44. The molecule has 18 heavy (non-hydrogen) atoms. The Labute approximate surface area is 110 Å². The van der Waals surface area contributed by atoms with Crippen LogP contribution < -0.4 is 0 Å². The zero-order valence-corrected chi connectivity index (χ0v) is 12.3. The van der Waals surface area contributed by atoms with Crippen molar-refractivity contribution >= 4 is 8.80 Å². The van der Waals surface area contributed by atoms with Crippen LogP contribution in [0.5, 0.6) is 0 Å². The van der Waals surface area contributed by atoms with Gasteiger partial charge in [-0.2, -0.15) is 0 Å². The summed E-state index contributed by atoms with van der Waals surface area (Å²) in [5.74, 6) is 0. The summed E-state index contributed by atoms with van der Waals surface area (Å²) in [7, 11) is 2.31. The number of benzene rings is 1. The van der Waals surface area contributed by atoms with Crippen molar-refractivity contribution < 1.29 is 18.0 Å². The third-order valence-electron chi connectivity index (χ3n) is 2.81. The van der Waals surface area contributed by atoms with Crippen LogP contribution in [0.3, 0.4) is 0 Å². The first kappa shape index (κ1) is 15.3. The van der Waals surface area contributed by atoms with Crippen molar-refractivity contribution in [2.75, 3.05) is 28.1 Å². The fourth-order valence-corrected chi connectivity index (χ4v) is 3.64. The summed E-state index contributed by atoms with van der Waals surface area (Å²) in [4.78, 5) is 0. The van der Waals surface area contributed by atoms with Crippen LogP contribution in [0.1, 0.15) is 12.0 Å². The van der Waals surface area contributed by atoms with E-state index in [2.05, 4.69) is 12.1 Å². The van der Waals surface area contributed by atoms with Crippen LogP contribution in [0.2, 0.25) is 6.04 Å². The van der Waals surface area contributed by atoms with Gasteiger partial charge in [-0.15, -0.1) is 0 Å². The van der Waals surface area contributed by atoms with Crippen molar-refractivity contribution in [2.24, 2.45) is 0 Å². The van der Waals surface area contributed by atoms with Gasteiger partial charge in [-0.05, 0) is 18.4 Å². The van der Waals surface area contributed by atoms with Gasteiger partial charge in [-0.25, -0.2) is 0 Å². The summed E-state index contributed by atoms with van der Waals surface area (Å²) in [5.41, 5.74) is 1.32. The maximum absolute atomic E-state index is 5.59. The Bertz CT molecular complexity index is 314. The van der Waals surface area contributed by atoms with Crippen molar-refractivity contribution in [1.82, 2.24) is 0 Å². The first-order chi connectivity index (χ1) is 8.76. The summed E-state index contributed by atoms with van der Waals surface area (Å²) in [6.07, 6.45) is 1.97. The Morgan fingerprint density at radius 2 is 1.67 bits per heavy atom. The number of methoxy groups -OCH3 is 1. The van der Waals surface area contributed by atoms with E-state index in [1.807, 2.05) is 18.2 Å². The van der Waals surface area contributed by atoms with Crippen molar-refractivity contribution in [3.8, 4) is 0 Å². The number of hydrogen-bond acceptors (Lipinski definition) is 4. The van der Waals surface area contributed by atoms with Gasteiger partial charge in [0.15, 0.2) is 0 Å². The van der Waals surface area contributed by atoms with Crippen LogP contribution in [0, 0.1) is 0 Å². The molecule has 0 fully saturated rings. The molecule has 0 aromatic heterocycles. The van der Waals surface area contributed by atoms with Crippen molar-refractivity contribution in [2.45, 2.75) is 18.9 Å². The molecule has 4 nitrogen and oxygen atoms in total. The minimum Gasteiger partial charge on any atom is -0.377 e. The lowest BCUT2D eigenvalue weighted by Crippen LogP contribution is -2.44. The predicted octanol–water partition coefficient (Wildman–Crippen LogP) is 2.47.